The van der Waals surface area contributed by atoms with Crippen LogP contribution in [0.2, 0.25) is 0 Å². The Bertz CT molecular complexity index is 350. The molecule has 4 heteroatoms. The standard InChI is InChI=1S/C11H16BrClN2/c1-7-5-9(12)10(14-6-7)15-11(3,4)8(2)13/h5-6,8H,1-4H3,(H,14,15). The van der Waals surface area contributed by atoms with Gasteiger partial charge in [-0.1, -0.05) is 0 Å². The Morgan fingerprint density at radius 1 is 1.53 bits per heavy atom. The third kappa shape index (κ3) is 3.35. The van der Waals surface area contributed by atoms with Crippen molar-refractivity contribution in [2.24, 2.45) is 0 Å². The van der Waals surface area contributed by atoms with E-state index in [1.165, 1.54) is 0 Å². The molecule has 1 rings (SSSR count). The molecule has 1 unspecified atom stereocenters. The maximum Gasteiger partial charge on any atom is 0.140 e. The van der Waals surface area contributed by atoms with Crippen LogP contribution in [-0.4, -0.2) is 15.9 Å². The Labute approximate surface area is 105 Å². The molecular weight excluding hydrogens is 275 g/mol. The molecule has 1 heterocycles. The van der Waals surface area contributed by atoms with Crippen LogP contribution in [0.3, 0.4) is 0 Å². The Kier molecular flexibility index (Phi) is 4.01. The van der Waals surface area contributed by atoms with Crippen molar-refractivity contribution in [3.8, 4) is 0 Å². The van der Waals surface area contributed by atoms with Crippen molar-refractivity contribution in [2.45, 2.75) is 38.6 Å². The van der Waals surface area contributed by atoms with Crippen LogP contribution in [-0.2, 0) is 0 Å². The fourth-order valence-electron chi connectivity index (χ4n) is 1.03. The lowest BCUT2D eigenvalue weighted by Crippen LogP contribution is -2.39. The van der Waals surface area contributed by atoms with Crippen molar-refractivity contribution in [3.05, 3.63) is 22.3 Å². The van der Waals surface area contributed by atoms with Crippen LogP contribution in [0.1, 0.15) is 26.3 Å². The topological polar surface area (TPSA) is 24.9 Å². The molecule has 0 saturated carbocycles. The van der Waals surface area contributed by atoms with Crippen LogP contribution < -0.4 is 5.32 Å². The normalized spacial score (nSPS) is 13.7. The maximum atomic E-state index is 6.10. The van der Waals surface area contributed by atoms with Gasteiger partial charge in [0.15, 0.2) is 0 Å². The van der Waals surface area contributed by atoms with Crippen molar-refractivity contribution in [1.82, 2.24) is 4.98 Å². The van der Waals surface area contributed by atoms with Gasteiger partial charge < -0.3 is 5.32 Å². The number of pyridine rings is 1. The number of aryl methyl sites for hydroxylation is 1. The fourth-order valence-corrected chi connectivity index (χ4v) is 1.65. The van der Waals surface area contributed by atoms with Gasteiger partial charge in [-0.25, -0.2) is 4.98 Å². The number of aromatic nitrogens is 1. The molecule has 84 valence electrons. The van der Waals surface area contributed by atoms with Crippen molar-refractivity contribution in [2.75, 3.05) is 5.32 Å². The van der Waals surface area contributed by atoms with Crippen molar-refractivity contribution >= 4 is 33.3 Å². The SMILES string of the molecule is Cc1cnc(NC(C)(C)C(C)Cl)c(Br)c1. The first-order chi connectivity index (χ1) is 6.83. The second-order valence-corrected chi connectivity index (χ2v) is 5.81. The Balaban J connectivity index is 2.90. The summed E-state index contributed by atoms with van der Waals surface area (Å²) in [6, 6.07) is 2.03. The summed E-state index contributed by atoms with van der Waals surface area (Å²) in [6.07, 6.45) is 1.84. The molecule has 1 atom stereocenters. The van der Waals surface area contributed by atoms with Gasteiger partial charge in [0.1, 0.15) is 5.82 Å². The lowest BCUT2D eigenvalue weighted by atomic mass is 10.0. The molecule has 0 spiro atoms. The molecule has 0 aromatic carbocycles. The molecule has 0 bridgehead atoms. The van der Waals surface area contributed by atoms with E-state index in [0.717, 1.165) is 15.9 Å². The highest BCUT2D eigenvalue weighted by Gasteiger charge is 2.24. The summed E-state index contributed by atoms with van der Waals surface area (Å²) < 4.78 is 0.966. The minimum absolute atomic E-state index is 0.0208. The molecule has 0 amide bonds. The summed E-state index contributed by atoms with van der Waals surface area (Å²) in [6.45, 7) is 8.09. The zero-order valence-corrected chi connectivity index (χ0v) is 11.8. The smallest absolute Gasteiger partial charge is 0.140 e. The van der Waals surface area contributed by atoms with Crippen LogP contribution in [0.5, 0.6) is 0 Å². The van der Waals surface area contributed by atoms with E-state index < -0.39 is 0 Å². The summed E-state index contributed by atoms with van der Waals surface area (Å²) in [5, 5.41) is 3.34. The highest BCUT2D eigenvalue weighted by molar-refractivity contribution is 9.10. The second-order valence-electron chi connectivity index (χ2n) is 4.31. The quantitative estimate of drug-likeness (QED) is 0.852. The minimum atomic E-state index is -0.188. The van der Waals surface area contributed by atoms with Gasteiger partial charge in [-0.15, -0.1) is 11.6 Å². The number of nitrogens with one attached hydrogen (secondary N) is 1. The molecule has 0 saturated heterocycles. The van der Waals surface area contributed by atoms with Gasteiger partial charge in [-0.3, -0.25) is 0 Å². The average molecular weight is 292 g/mol. The Morgan fingerprint density at radius 3 is 2.60 bits per heavy atom. The van der Waals surface area contributed by atoms with Crippen molar-refractivity contribution in [1.29, 1.82) is 0 Å². The van der Waals surface area contributed by atoms with Gasteiger partial charge >= 0.3 is 0 Å². The zero-order chi connectivity index (χ0) is 11.6. The molecule has 0 aliphatic heterocycles. The molecule has 0 fully saturated rings. The summed E-state index contributed by atoms with van der Waals surface area (Å²) >= 11 is 9.58. The van der Waals surface area contributed by atoms with Crippen LogP contribution in [0.25, 0.3) is 0 Å². The number of anilines is 1. The van der Waals surface area contributed by atoms with Gasteiger partial charge in [0.25, 0.3) is 0 Å². The number of rotatable bonds is 3. The summed E-state index contributed by atoms with van der Waals surface area (Å²) in [4.78, 5) is 4.33. The highest BCUT2D eigenvalue weighted by atomic mass is 79.9. The second kappa shape index (κ2) is 4.71. The fraction of sp³-hybridized carbons (Fsp3) is 0.545. The van der Waals surface area contributed by atoms with Crippen LogP contribution in [0.15, 0.2) is 16.7 Å². The number of halogens is 2. The average Bonchev–Trinajstić information content (AvgIpc) is 2.09. The third-order valence-electron chi connectivity index (χ3n) is 2.41. The highest BCUT2D eigenvalue weighted by Crippen LogP contribution is 2.26. The van der Waals surface area contributed by atoms with E-state index >= 15 is 0 Å². The first-order valence-corrected chi connectivity index (χ1v) is 6.10. The van der Waals surface area contributed by atoms with Gasteiger partial charge in [-0.05, 0) is 55.3 Å². The van der Waals surface area contributed by atoms with E-state index in [9.17, 15) is 0 Å². The van der Waals surface area contributed by atoms with E-state index in [0.29, 0.717) is 0 Å². The molecule has 1 aromatic heterocycles. The zero-order valence-electron chi connectivity index (χ0n) is 9.44. The van der Waals surface area contributed by atoms with Crippen LogP contribution in [0, 0.1) is 6.92 Å². The predicted molar refractivity (Wildman–Crippen MR) is 69.7 cm³/mol. The van der Waals surface area contributed by atoms with E-state index in [4.69, 9.17) is 11.6 Å². The van der Waals surface area contributed by atoms with Crippen LogP contribution in [0.4, 0.5) is 5.82 Å². The van der Waals surface area contributed by atoms with Gasteiger partial charge in [0, 0.05) is 11.7 Å². The molecule has 0 aliphatic rings. The van der Waals surface area contributed by atoms with E-state index in [2.05, 4.69) is 40.1 Å². The maximum absolute atomic E-state index is 6.10. The Morgan fingerprint density at radius 2 is 2.13 bits per heavy atom. The van der Waals surface area contributed by atoms with Gasteiger partial charge in [0.2, 0.25) is 0 Å². The molecule has 1 aromatic rings. The van der Waals surface area contributed by atoms with E-state index in [1.807, 2.05) is 26.1 Å². The molecule has 1 N–H and O–H groups in total. The molecule has 0 radical (unpaired) electrons. The number of alkyl halides is 1. The molecule has 0 aliphatic carbocycles. The lowest BCUT2D eigenvalue weighted by molar-refractivity contribution is 0.552. The first-order valence-electron chi connectivity index (χ1n) is 4.87. The largest absolute Gasteiger partial charge is 0.363 e. The minimum Gasteiger partial charge on any atom is -0.363 e. The van der Waals surface area contributed by atoms with E-state index in [1.54, 1.807) is 0 Å². The third-order valence-corrected chi connectivity index (χ3v) is 3.56. The van der Waals surface area contributed by atoms with E-state index in [-0.39, 0.29) is 10.9 Å². The Hall–Kier alpha value is -0.280. The molecule has 15 heavy (non-hydrogen) atoms. The van der Waals surface area contributed by atoms with Gasteiger partial charge in [0.05, 0.1) is 9.85 Å². The van der Waals surface area contributed by atoms with Crippen molar-refractivity contribution in [3.63, 3.8) is 0 Å². The molecular formula is C11H16BrClN2. The van der Waals surface area contributed by atoms with Crippen LogP contribution >= 0.6 is 27.5 Å². The first kappa shape index (κ1) is 12.8. The number of nitrogens with zero attached hydrogens (tertiary/aromatic N) is 1. The van der Waals surface area contributed by atoms with Crippen molar-refractivity contribution < 1.29 is 0 Å². The summed E-state index contributed by atoms with van der Waals surface area (Å²) in [7, 11) is 0. The number of hydrogen-bond acceptors (Lipinski definition) is 2. The monoisotopic (exact) mass is 290 g/mol. The lowest BCUT2D eigenvalue weighted by Gasteiger charge is -2.30. The number of hydrogen-bond donors (Lipinski definition) is 1. The molecule has 2 nitrogen and oxygen atoms in total. The summed E-state index contributed by atoms with van der Waals surface area (Å²) in [5.74, 6) is 0.832. The summed E-state index contributed by atoms with van der Waals surface area (Å²) in [5.41, 5.74) is 0.941. The predicted octanol–water partition coefficient (Wildman–Crippen LogP) is 3.97. The van der Waals surface area contributed by atoms with Gasteiger partial charge in [-0.2, -0.15) is 0 Å².